The molecule has 1 aliphatic rings. The van der Waals surface area contributed by atoms with E-state index in [-0.39, 0.29) is 18.5 Å². The molecule has 1 aromatic rings. The van der Waals surface area contributed by atoms with Gasteiger partial charge in [0.1, 0.15) is 12.3 Å². The van der Waals surface area contributed by atoms with Crippen LogP contribution >= 0.6 is 0 Å². The normalized spacial score (nSPS) is 16.9. The lowest BCUT2D eigenvalue weighted by Crippen LogP contribution is -2.45. The average Bonchev–Trinajstić information content (AvgIpc) is 2.78. The number of amides is 1. The molecule has 2 rings (SSSR count). The Morgan fingerprint density at radius 2 is 2.28 bits per heavy atom. The Bertz CT molecular complexity index is 466. The molecule has 0 spiro atoms. The minimum Gasteiger partial charge on any atom is -0.480 e. The van der Waals surface area contributed by atoms with Gasteiger partial charge >= 0.3 is 0 Å². The van der Waals surface area contributed by atoms with E-state index in [0.717, 1.165) is 11.3 Å². The van der Waals surface area contributed by atoms with Crippen LogP contribution in [0.3, 0.4) is 0 Å². The Balaban J connectivity index is 2.11. The summed E-state index contributed by atoms with van der Waals surface area (Å²) in [5.74, 6) is 0.666. The monoisotopic (exact) mass is 244 g/mol. The van der Waals surface area contributed by atoms with Crippen LogP contribution in [0.15, 0.2) is 24.3 Å². The highest BCUT2D eigenvalue weighted by molar-refractivity contribution is 5.83. The van der Waals surface area contributed by atoms with Crippen LogP contribution in [-0.2, 0) is 11.2 Å². The van der Waals surface area contributed by atoms with E-state index in [2.05, 4.69) is 0 Å². The van der Waals surface area contributed by atoms with Gasteiger partial charge in [-0.3, -0.25) is 4.79 Å². The first-order chi connectivity index (χ1) is 8.63. The van der Waals surface area contributed by atoms with Gasteiger partial charge in [0, 0.05) is 12.5 Å². The van der Waals surface area contributed by atoms with E-state index in [1.807, 2.05) is 44.2 Å². The molecule has 4 heteroatoms. The van der Waals surface area contributed by atoms with E-state index in [0.29, 0.717) is 6.42 Å². The largest absolute Gasteiger partial charge is 0.480 e. The molecule has 1 atom stereocenters. The minimum atomic E-state index is -0.488. The highest BCUT2D eigenvalue weighted by Crippen LogP contribution is 2.29. The summed E-state index contributed by atoms with van der Waals surface area (Å²) in [6, 6.07) is 9.69. The fraction of sp³-hybridized carbons (Fsp3) is 0.429. The summed E-state index contributed by atoms with van der Waals surface area (Å²) < 4.78 is 5.65. The first kappa shape index (κ1) is 12.4. The minimum absolute atomic E-state index is 0.00413. The van der Waals surface area contributed by atoms with Crippen molar-refractivity contribution < 1.29 is 9.53 Å². The second-order valence-corrected chi connectivity index (χ2v) is 4.64. The summed E-state index contributed by atoms with van der Waals surface area (Å²) in [4.78, 5) is 13.8. The van der Waals surface area contributed by atoms with Gasteiger partial charge in [-0.15, -0.1) is 0 Å². The number of benzene rings is 1. The molecular weight excluding hydrogens is 228 g/mol. The van der Waals surface area contributed by atoms with Gasteiger partial charge in [-0.2, -0.15) is 5.26 Å². The zero-order valence-corrected chi connectivity index (χ0v) is 10.6. The molecule has 0 N–H and O–H groups in total. The fourth-order valence-corrected chi connectivity index (χ4v) is 2.10. The predicted octanol–water partition coefficient (Wildman–Crippen LogP) is 1.75. The number of carbonyl (C=O) groups is 1. The van der Waals surface area contributed by atoms with E-state index >= 15 is 0 Å². The molecule has 0 fully saturated rings. The van der Waals surface area contributed by atoms with Crippen molar-refractivity contribution in [2.24, 2.45) is 0 Å². The summed E-state index contributed by atoms with van der Waals surface area (Å²) in [7, 11) is 0. The quantitative estimate of drug-likeness (QED) is 0.761. The molecular formula is C14H16N2O2. The van der Waals surface area contributed by atoms with Gasteiger partial charge in [0.25, 0.3) is 5.91 Å². The summed E-state index contributed by atoms with van der Waals surface area (Å²) in [6.07, 6.45) is 0.0991. The lowest BCUT2D eigenvalue weighted by molar-refractivity contribution is -0.138. The topological polar surface area (TPSA) is 53.3 Å². The number of ether oxygens (including phenoxy) is 1. The zero-order chi connectivity index (χ0) is 13.1. The Hall–Kier alpha value is -2.02. The Kier molecular flexibility index (Phi) is 3.52. The lowest BCUT2D eigenvalue weighted by atomic mass is 10.1. The summed E-state index contributed by atoms with van der Waals surface area (Å²) >= 11 is 0. The third kappa shape index (κ3) is 2.30. The molecule has 1 heterocycles. The molecule has 0 radical (unpaired) electrons. The fourth-order valence-electron chi connectivity index (χ4n) is 2.10. The lowest BCUT2D eigenvalue weighted by Gasteiger charge is -2.26. The van der Waals surface area contributed by atoms with Crippen LogP contribution in [0.4, 0.5) is 0 Å². The molecule has 0 aromatic heterocycles. The van der Waals surface area contributed by atoms with Crippen molar-refractivity contribution in [1.82, 2.24) is 4.90 Å². The van der Waals surface area contributed by atoms with Crippen LogP contribution in [-0.4, -0.2) is 29.5 Å². The van der Waals surface area contributed by atoms with E-state index in [4.69, 9.17) is 10.00 Å². The van der Waals surface area contributed by atoms with Crippen molar-refractivity contribution in [3.8, 4) is 11.8 Å². The highest BCUT2D eigenvalue weighted by atomic mass is 16.5. The van der Waals surface area contributed by atoms with Crippen LogP contribution in [0.5, 0.6) is 5.75 Å². The first-order valence-corrected chi connectivity index (χ1v) is 6.05. The molecule has 0 bridgehead atoms. The number of nitrogens with zero attached hydrogens (tertiary/aromatic N) is 2. The standard InChI is InChI=1S/C14H16N2O2/c1-10(2)16(8-7-15)14(17)13-9-11-5-3-4-6-12(11)18-13/h3-6,10,13H,8-9H2,1-2H3. The van der Waals surface area contributed by atoms with Gasteiger partial charge < -0.3 is 9.64 Å². The molecule has 1 unspecified atom stereocenters. The Labute approximate surface area is 107 Å². The summed E-state index contributed by atoms with van der Waals surface area (Å²) in [5.41, 5.74) is 1.05. The van der Waals surface area contributed by atoms with Crippen molar-refractivity contribution in [2.75, 3.05) is 6.54 Å². The van der Waals surface area contributed by atoms with Crippen LogP contribution in [0.1, 0.15) is 19.4 Å². The van der Waals surface area contributed by atoms with Gasteiger partial charge in [-0.05, 0) is 25.5 Å². The smallest absolute Gasteiger partial charge is 0.265 e. The molecule has 18 heavy (non-hydrogen) atoms. The van der Waals surface area contributed by atoms with E-state index in [1.165, 1.54) is 0 Å². The van der Waals surface area contributed by atoms with Gasteiger partial charge in [0.05, 0.1) is 6.07 Å². The number of hydrogen-bond acceptors (Lipinski definition) is 3. The number of hydrogen-bond donors (Lipinski definition) is 0. The number of carbonyl (C=O) groups excluding carboxylic acids is 1. The second-order valence-electron chi connectivity index (χ2n) is 4.64. The molecule has 1 aromatic carbocycles. The Morgan fingerprint density at radius 1 is 1.56 bits per heavy atom. The van der Waals surface area contributed by atoms with E-state index in [9.17, 15) is 4.79 Å². The number of rotatable bonds is 3. The van der Waals surface area contributed by atoms with E-state index < -0.39 is 6.10 Å². The summed E-state index contributed by atoms with van der Waals surface area (Å²) in [5, 5.41) is 8.77. The number of para-hydroxylation sites is 1. The van der Waals surface area contributed by atoms with Crippen LogP contribution < -0.4 is 4.74 Å². The zero-order valence-electron chi connectivity index (χ0n) is 10.6. The third-order valence-electron chi connectivity index (χ3n) is 3.07. The summed E-state index contributed by atoms with van der Waals surface area (Å²) in [6.45, 7) is 3.90. The van der Waals surface area contributed by atoms with Crippen molar-refractivity contribution in [3.05, 3.63) is 29.8 Å². The van der Waals surface area contributed by atoms with Crippen LogP contribution in [0.2, 0.25) is 0 Å². The molecule has 94 valence electrons. The predicted molar refractivity (Wildman–Crippen MR) is 67.0 cm³/mol. The maximum Gasteiger partial charge on any atom is 0.265 e. The van der Waals surface area contributed by atoms with Gasteiger partial charge in [-0.1, -0.05) is 18.2 Å². The first-order valence-electron chi connectivity index (χ1n) is 6.05. The SMILES string of the molecule is CC(C)N(CC#N)C(=O)C1Cc2ccccc2O1. The van der Waals surface area contributed by atoms with Gasteiger partial charge in [0.15, 0.2) is 6.10 Å². The van der Waals surface area contributed by atoms with Gasteiger partial charge in [0.2, 0.25) is 0 Å². The highest BCUT2D eigenvalue weighted by Gasteiger charge is 2.32. The van der Waals surface area contributed by atoms with Crippen LogP contribution in [0.25, 0.3) is 0 Å². The van der Waals surface area contributed by atoms with Crippen molar-refractivity contribution in [2.45, 2.75) is 32.4 Å². The second kappa shape index (κ2) is 5.09. The Morgan fingerprint density at radius 3 is 2.89 bits per heavy atom. The van der Waals surface area contributed by atoms with Crippen molar-refractivity contribution in [3.63, 3.8) is 0 Å². The maximum atomic E-state index is 12.3. The van der Waals surface area contributed by atoms with Gasteiger partial charge in [-0.25, -0.2) is 0 Å². The molecule has 1 amide bonds. The number of nitriles is 1. The molecule has 0 aliphatic carbocycles. The third-order valence-corrected chi connectivity index (χ3v) is 3.07. The molecule has 4 nitrogen and oxygen atoms in total. The van der Waals surface area contributed by atoms with Crippen molar-refractivity contribution >= 4 is 5.91 Å². The van der Waals surface area contributed by atoms with Crippen molar-refractivity contribution in [1.29, 1.82) is 5.26 Å². The number of fused-ring (bicyclic) bond motifs is 1. The molecule has 0 saturated carbocycles. The maximum absolute atomic E-state index is 12.3. The van der Waals surface area contributed by atoms with E-state index in [1.54, 1.807) is 4.90 Å². The molecule has 0 saturated heterocycles. The van der Waals surface area contributed by atoms with Crippen LogP contribution in [0, 0.1) is 11.3 Å². The average molecular weight is 244 g/mol. The molecule has 1 aliphatic heterocycles.